The van der Waals surface area contributed by atoms with Gasteiger partial charge in [-0.1, -0.05) is 35.3 Å². The third kappa shape index (κ3) is 4.03. The number of esters is 1. The Hall–Kier alpha value is -2.44. The minimum atomic E-state index is -0.758. The first kappa shape index (κ1) is 18.4. The Bertz CT molecular complexity index is 835. The lowest BCUT2D eigenvalue weighted by Gasteiger charge is -2.15. The molecule has 136 valence electrons. The molecule has 1 aliphatic heterocycles. The third-order valence-electron chi connectivity index (χ3n) is 3.78. The lowest BCUT2D eigenvalue weighted by atomic mass is 10.1. The summed E-state index contributed by atoms with van der Waals surface area (Å²) in [7, 11) is 0. The number of carbonyl (C=O) groups excluding carboxylic acids is 2. The molecule has 6 nitrogen and oxygen atoms in total. The summed E-state index contributed by atoms with van der Waals surface area (Å²) >= 11 is 11.9. The van der Waals surface area contributed by atoms with Crippen molar-refractivity contribution in [3.8, 4) is 11.5 Å². The van der Waals surface area contributed by atoms with Crippen molar-refractivity contribution in [2.75, 3.05) is 13.4 Å². The van der Waals surface area contributed by atoms with E-state index in [2.05, 4.69) is 5.32 Å². The van der Waals surface area contributed by atoms with Crippen molar-refractivity contribution in [3.05, 3.63) is 57.6 Å². The lowest BCUT2D eigenvalue weighted by molar-refractivity contribution is -0.124. The van der Waals surface area contributed by atoms with Crippen LogP contribution in [-0.4, -0.2) is 25.3 Å². The highest BCUT2D eigenvalue weighted by molar-refractivity contribution is 6.39. The summed E-state index contributed by atoms with van der Waals surface area (Å²) in [5, 5.41) is 3.07. The average Bonchev–Trinajstić information content (AvgIpc) is 3.07. The SMILES string of the molecule is C[C@H](NC(=O)COC(=O)c1c(Cl)cccc1Cl)c1ccc2c(c1)OCO2. The van der Waals surface area contributed by atoms with E-state index >= 15 is 0 Å². The first-order valence-corrected chi connectivity index (χ1v) is 8.51. The largest absolute Gasteiger partial charge is 0.454 e. The van der Waals surface area contributed by atoms with E-state index in [0.29, 0.717) is 11.5 Å². The molecule has 1 heterocycles. The second-order valence-electron chi connectivity index (χ2n) is 5.57. The molecule has 1 amide bonds. The maximum absolute atomic E-state index is 12.1. The maximum Gasteiger partial charge on any atom is 0.341 e. The van der Waals surface area contributed by atoms with Gasteiger partial charge in [-0.25, -0.2) is 4.79 Å². The molecule has 1 N–H and O–H groups in total. The zero-order chi connectivity index (χ0) is 18.7. The first-order chi connectivity index (χ1) is 12.5. The summed E-state index contributed by atoms with van der Waals surface area (Å²) in [6, 6.07) is 9.75. The fourth-order valence-electron chi connectivity index (χ4n) is 2.45. The highest BCUT2D eigenvalue weighted by Gasteiger charge is 2.19. The Labute approximate surface area is 159 Å². The molecule has 8 heteroatoms. The second kappa shape index (κ2) is 7.85. The molecule has 3 rings (SSSR count). The number of halogens is 2. The molecule has 2 aromatic rings. The Balaban J connectivity index is 1.56. The highest BCUT2D eigenvalue weighted by Crippen LogP contribution is 2.34. The van der Waals surface area contributed by atoms with Crippen LogP contribution in [0.4, 0.5) is 0 Å². The molecule has 0 aliphatic carbocycles. The number of carbonyl (C=O) groups is 2. The standard InChI is InChI=1S/C18H15Cl2NO5/c1-10(11-5-6-14-15(7-11)26-9-25-14)21-16(22)8-24-18(23)17-12(19)3-2-4-13(17)20/h2-7,10H,8-9H2,1H3,(H,21,22)/t10-/m0/s1. The predicted octanol–water partition coefficient (Wildman–Crippen LogP) is 3.76. The normalized spacial score (nSPS) is 13.2. The quantitative estimate of drug-likeness (QED) is 0.780. The predicted molar refractivity (Wildman–Crippen MR) is 95.9 cm³/mol. The van der Waals surface area contributed by atoms with E-state index in [1.54, 1.807) is 18.2 Å². The molecule has 0 saturated heterocycles. The van der Waals surface area contributed by atoms with Crippen LogP contribution in [-0.2, 0) is 9.53 Å². The Morgan fingerprint density at radius 2 is 1.85 bits per heavy atom. The van der Waals surface area contributed by atoms with E-state index in [1.807, 2.05) is 13.0 Å². The Morgan fingerprint density at radius 3 is 2.58 bits per heavy atom. The molecule has 0 bridgehead atoms. The molecule has 0 saturated carbocycles. The second-order valence-corrected chi connectivity index (χ2v) is 6.39. The third-order valence-corrected chi connectivity index (χ3v) is 4.41. The summed E-state index contributed by atoms with van der Waals surface area (Å²) in [5.41, 5.74) is 0.871. The van der Waals surface area contributed by atoms with Crippen LogP contribution in [0.15, 0.2) is 36.4 Å². The van der Waals surface area contributed by atoms with E-state index in [4.69, 9.17) is 37.4 Å². The zero-order valence-corrected chi connectivity index (χ0v) is 15.3. The molecular weight excluding hydrogens is 381 g/mol. The number of hydrogen-bond donors (Lipinski definition) is 1. The van der Waals surface area contributed by atoms with Gasteiger partial charge in [-0.3, -0.25) is 4.79 Å². The molecule has 26 heavy (non-hydrogen) atoms. The van der Waals surface area contributed by atoms with Gasteiger partial charge in [0.15, 0.2) is 18.1 Å². The fraction of sp³-hybridized carbons (Fsp3) is 0.222. The van der Waals surface area contributed by atoms with Gasteiger partial charge in [0, 0.05) is 0 Å². The van der Waals surface area contributed by atoms with Crippen molar-refractivity contribution in [1.29, 1.82) is 0 Å². The van der Waals surface area contributed by atoms with Gasteiger partial charge in [0.25, 0.3) is 5.91 Å². The monoisotopic (exact) mass is 395 g/mol. The number of hydrogen-bond acceptors (Lipinski definition) is 5. The average molecular weight is 396 g/mol. The van der Waals surface area contributed by atoms with Crippen LogP contribution in [0.1, 0.15) is 28.9 Å². The van der Waals surface area contributed by atoms with Crippen LogP contribution in [0.3, 0.4) is 0 Å². The summed E-state index contributed by atoms with van der Waals surface area (Å²) in [6.45, 7) is 1.54. The van der Waals surface area contributed by atoms with E-state index in [9.17, 15) is 9.59 Å². The van der Waals surface area contributed by atoms with Crippen molar-refractivity contribution in [2.45, 2.75) is 13.0 Å². The van der Waals surface area contributed by atoms with Gasteiger partial charge in [0.1, 0.15) is 0 Å². The number of rotatable bonds is 5. The molecule has 0 aromatic heterocycles. The van der Waals surface area contributed by atoms with Gasteiger partial charge in [-0.05, 0) is 36.8 Å². The summed E-state index contributed by atoms with van der Waals surface area (Å²) in [5.74, 6) is 0.0828. The van der Waals surface area contributed by atoms with E-state index < -0.39 is 18.5 Å². The molecule has 0 spiro atoms. The molecular formula is C18H15Cl2NO5. The first-order valence-electron chi connectivity index (χ1n) is 7.75. The molecule has 1 atom stereocenters. The van der Waals surface area contributed by atoms with Gasteiger partial charge in [-0.2, -0.15) is 0 Å². The number of fused-ring (bicyclic) bond motifs is 1. The maximum atomic E-state index is 12.1. The van der Waals surface area contributed by atoms with Crippen molar-refractivity contribution in [2.24, 2.45) is 0 Å². The minimum Gasteiger partial charge on any atom is -0.454 e. The van der Waals surface area contributed by atoms with Gasteiger partial charge >= 0.3 is 5.97 Å². The number of ether oxygens (including phenoxy) is 3. The molecule has 0 radical (unpaired) electrons. The van der Waals surface area contributed by atoms with Gasteiger partial charge in [-0.15, -0.1) is 0 Å². The number of benzene rings is 2. The van der Waals surface area contributed by atoms with Crippen LogP contribution < -0.4 is 14.8 Å². The zero-order valence-electron chi connectivity index (χ0n) is 13.8. The lowest BCUT2D eigenvalue weighted by Crippen LogP contribution is -2.31. The molecule has 1 aliphatic rings. The summed E-state index contributed by atoms with van der Waals surface area (Å²) in [4.78, 5) is 24.1. The molecule has 0 unspecified atom stereocenters. The Morgan fingerprint density at radius 1 is 1.15 bits per heavy atom. The van der Waals surface area contributed by atoms with Gasteiger partial charge < -0.3 is 19.5 Å². The summed E-state index contributed by atoms with van der Waals surface area (Å²) in [6.07, 6.45) is 0. The van der Waals surface area contributed by atoms with Crippen LogP contribution in [0.5, 0.6) is 11.5 Å². The molecule has 0 fully saturated rings. The van der Waals surface area contributed by atoms with Crippen molar-refractivity contribution in [1.82, 2.24) is 5.32 Å². The van der Waals surface area contributed by atoms with Gasteiger partial charge in [0.05, 0.1) is 21.7 Å². The van der Waals surface area contributed by atoms with Crippen molar-refractivity contribution < 1.29 is 23.8 Å². The van der Waals surface area contributed by atoms with Crippen LogP contribution >= 0.6 is 23.2 Å². The van der Waals surface area contributed by atoms with Crippen molar-refractivity contribution in [3.63, 3.8) is 0 Å². The molecule has 2 aromatic carbocycles. The van der Waals surface area contributed by atoms with Crippen molar-refractivity contribution >= 4 is 35.1 Å². The topological polar surface area (TPSA) is 73.9 Å². The van der Waals surface area contributed by atoms with Crippen LogP contribution in [0.2, 0.25) is 10.0 Å². The fourth-order valence-corrected chi connectivity index (χ4v) is 3.00. The van der Waals surface area contributed by atoms with E-state index in [1.165, 1.54) is 12.1 Å². The van der Waals surface area contributed by atoms with Crippen LogP contribution in [0.25, 0.3) is 0 Å². The van der Waals surface area contributed by atoms with Crippen LogP contribution in [0, 0.1) is 0 Å². The van der Waals surface area contributed by atoms with E-state index in [0.717, 1.165) is 5.56 Å². The van der Waals surface area contributed by atoms with Gasteiger partial charge in [0.2, 0.25) is 6.79 Å². The highest BCUT2D eigenvalue weighted by atomic mass is 35.5. The van der Waals surface area contributed by atoms with E-state index in [-0.39, 0.29) is 28.4 Å². The Kier molecular flexibility index (Phi) is 5.54. The minimum absolute atomic E-state index is 0.0347. The number of nitrogens with one attached hydrogen (secondary N) is 1. The number of amides is 1. The summed E-state index contributed by atoms with van der Waals surface area (Å²) < 4.78 is 15.6. The smallest absolute Gasteiger partial charge is 0.341 e.